The Morgan fingerprint density at radius 2 is 1.62 bits per heavy atom. The molecule has 0 saturated heterocycles. The minimum atomic E-state index is -0.161. The predicted molar refractivity (Wildman–Crippen MR) is 109 cm³/mol. The Bertz CT molecular complexity index is 801. The van der Waals surface area contributed by atoms with Gasteiger partial charge in [-0.25, -0.2) is 0 Å². The Morgan fingerprint density at radius 3 is 2.19 bits per heavy atom. The molecule has 136 valence electrons. The topological polar surface area (TPSA) is 70.2 Å². The lowest BCUT2D eigenvalue weighted by Gasteiger charge is -2.11. The number of carbonyl (C=O) groups is 2. The molecule has 2 aromatic rings. The Kier molecular flexibility index (Phi) is 6.86. The molecule has 6 heteroatoms. The zero-order valence-electron chi connectivity index (χ0n) is 15.1. The number of benzene rings is 2. The molecule has 0 aliphatic rings. The summed E-state index contributed by atoms with van der Waals surface area (Å²) in [6, 6.07) is 14.5. The highest BCUT2D eigenvalue weighted by Gasteiger charge is 2.08. The maximum atomic E-state index is 12.2. The quantitative estimate of drug-likeness (QED) is 0.694. The van der Waals surface area contributed by atoms with Crippen molar-refractivity contribution in [3.8, 4) is 0 Å². The summed E-state index contributed by atoms with van der Waals surface area (Å²) in [4.78, 5) is 23.9. The largest absolute Gasteiger partial charge is 0.332 e. The molecule has 0 saturated carbocycles. The third-order valence-corrected chi connectivity index (χ3v) is 3.73. The van der Waals surface area contributed by atoms with Crippen molar-refractivity contribution in [1.82, 2.24) is 5.32 Å². The normalized spacial score (nSPS) is 10.3. The molecule has 0 radical (unpaired) electrons. The van der Waals surface area contributed by atoms with Crippen molar-refractivity contribution in [2.75, 3.05) is 10.6 Å². The summed E-state index contributed by atoms with van der Waals surface area (Å²) in [7, 11) is 0. The summed E-state index contributed by atoms with van der Waals surface area (Å²) in [6.07, 6.45) is 0.422. The third kappa shape index (κ3) is 6.29. The molecule has 0 heterocycles. The van der Waals surface area contributed by atoms with Crippen molar-refractivity contribution >= 4 is 40.5 Å². The summed E-state index contributed by atoms with van der Waals surface area (Å²) in [6.45, 7) is 5.89. The van der Waals surface area contributed by atoms with Crippen molar-refractivity contribution in [1.29, 1.82) is 0 Å². The van der Waals surface area contributed by atoms with Crippen LogP contribution >= 0.6 is 12.2 Å². The van der Waals surface area contributed by atoms with E-state index in [1.165, 1.54) is 0 Å². The third-order valence-electron chi connectivity index (χ3n) is 3.53. The minimum Gasteiger partial charge on any atom is -0.332 e. The minimum absolute atomic E-state index is 0.112. The number of carbonyl (C=O) groups excluding carboxylic acids is 2. The number of rotatable bonds is 5. The molecule has 0 spiro atoms. The van der Waals surface area contributed by atoms with Crippen molar-refractivity contribution in [2.45, 2.75) is 27.2 Å². The SMILES string of the molecule is Cc1cccc(C(=O)Nc2ccc(NC(=S)NC(=O)CC(C)C)cc2)c1. The van der Waals surface area contributed by atoms with E-state index < -0.39 is 0 Å². The van der Waals surface area contributed by atoms with Crippen molar-refractivity contribution in [3.63, 3.8) is 0 Å². The Balaban J connectivity index is 1.90. The van der Waals surface area contributed by atoms with Crippen LogP contribution in [0.3, 0.4) is 0 Å². The van der Waals surface area contributed by atoms with Gasteiger partial charge in [-0.2, -0.15) is 0 Å². The highest BCUT2D eigenvalue weighted by molar-refractivity contribution is 7.80. The van der Waals surface area contributed by atoms with Crippen LogP contribution in [0, 0.1) is 12.8 Å². The lowest BCUT2D eigenvalue weighted by Crippen LogP contribution is -2.34. The van der Waals surface area contributed by atoms with E-state index in [0.717, 1.165) is 11.3 Å². The Morgan fingerprint density at radius 1 is 1.00 bits per heavy atom. The average Bonchev–Trinajstić information content (AvgIpc) is 2.55. The number of thiocarbonyl (C=S) groups is 1. The van der Waals surface area contributed by atoms with Crippen LogP contribution in [-0.2, 0) is 4.79 Å². The molecule has 0 atom stereocenters. The van der Waals surface area contributed by atoms with E-state index in [0.29, 0.717) is 17.7 Å². The van der Waals surface area contributed by atoms with Gasteiger partial charge in [-0.1, -0.05) is 31.5 Å². The number of anilines is 2. The fraction of sp³-hybridized carbons (Fsp3) is 0.250. The fourth-order valence-corrected chi connectivity index (χ4v) is 2.57. The van der Waals surface area contributed by atoms with Crippen LogP contribution in [0.1, 0.15) is 36.2 Å². The van der Waals surface area contributed by atoms with E-state index in [1.807, 2.05) is 39.0 Å². The summed E-state index contributed by atoms with van der Waals surface area (Å²) in [5, 5.41) is 8.70. The van der Waals surface area contributed by atoms with E-state index in [2.05, 4.69) is 16.0 Å². The molecule has 0 aliphatic carbocycles. The van der Waals surface area contributed by atoms with Gasteiger partial charge in [0.25, 0.3) is 5.91 Å². The van der Waals surface area contributed by atoms with Gasteiger partial charge in [0.1, 0.15) is 0 Å². The monoisotopic (exact) mass is 369 g/mol. The van der Waals surface area contributed by atoms with E-state index in [4.69, 9.17) is 12.2 Å². The van der Waals surface area contributed by atoms with Gasteiger partial charge in [0.15, 0.2) is 5.11 Å². The average molecular weight is 369 g/mol. The van der Waals surface area contributed by atoms with Gasteiger partial charge in [-0.15, -0.1) is 0 Å². The van der Waals surface area contributed by atoms with E-state index in [1.54, 1.807) is 30.3 Å². The highest BCUT2D eigenvalue weighted by atomic mass is 32.1. The smallest absolute Gasteiger partial charge is 0.255 e. The van der Waals surface area contributed by atoms with Gasteiger partial charge < -0.3 is 16.0 Å². The van der Waals surface area contributed by atoms with Crippen LogP contribution in [0.4, 0.5) is 11.4 Å². The fourth-order valence-electron chi connectivity index (χ4n) is 2.34. The molecule has 0 bridgehead atoms. The van der Waals surface area contributed by atoms with Gasteiger partial charge in [0, 0.05) is 23.4 Å². The van der Waals surface area contributed by atoms with Gasteiger partial charge in [-0.3, -0.25) is 9.59 Å². The summed E-state index contributed by atoms with van der Waals surface area (Å²) >= 11 is 5.13. The summed E-state index contributed by atoms with van der Waals surface area (Å²) in [5.41, 5.74) is 3.05. The van der Waals surface area contributed by atoms with Crippen LogP contribution in [0.2, 0.25) is 0 Å². The predicted octanol–water partition coefficient (Wildman–Crippen LogP) is 4.11. The second-order valence-corrected chi connectivity index (χ2v) is 6.91. The molecule has 2 aromatic carbocycles. The Labute approximate surface area is 159 Å². The van der Waals surface area contributed by atoms with Crippen molar-refractivity contribution in [3.05, 3.63) is 59.7 Å². The molecule has 2 amide bonds. The molecule has 0 fully saturated rings. The van der Waals surface area contributed by atoms with Crippen molar-refractivity contribution < 1.29 is 9.59 Å². The van der Waals surface area contributed by atoms with E-state index in [-0.39, 0.29) is 22.8 Å². The first-order valence-electron chi connectivity index (χ1n) is 8.42. The zero-order chi connectivity index (χ0) is 19.1. The lowest BCUT2D eigenvalue weighted by atomic mass is 10.1. The first-order chi connectivity index (χ1) is 12.3. The van der Waals surface area contributed by atoms with Crippen LogP contribution in [0.25, 0.3) is 0 Å². The first kappa shape index (κ1) is 19.6. The number of aryl methyl sites for hydroxylation is 1. The number of hydrogen-bond acceptors (Lipinski definition) is 3. The number of nitrogens with one attached hydrogen (secondary N) is 3. The van der Waals surface area contributed by atoms with Crippen LogP contribution in [-0.4, -0.2) is 16.9 Å². The molecular weight excluding hydrogens is 346 g/mol. The van der Waals surface area contributed by atoms with Gasteiger partial charge in [0.2, 0.25) is 5.91 Å². The van der Waals surface area contributed by atoms with Crippen molar-refractivity contribution in [2.24, 2.45) is 5.92 Å². The lowest BCUT2D eigenvalue weighted by molar-refractivity contribution is -0.120. The molecule has 26 heavy (non-hydrogen) atoms. The van der Waals surface area contributed by atoms with Crippen LogP contribution in [0.15, 0.2) is 48.5 Å². The summed E-state index contributed by atoms with van der Waals surface area (Å²) in [5.74, 6) is -0.000450. The second-order valence-electron chi connectivity index (χ2n) is 6.50. The maximum Gasteiger partial charge on any atom is 0.255 e. The van der Waals surface area contributed by atoms with Crippen LogP contribution in [0.5, 0.6) is 0 Å². The molecule has 0 aromatic heterocycles. The maximum absolute atomic E-state index is 12.2. The van der Waals surface area contributed by atoms with Gasteiger partial charge >= 0.3 is 0 Å². The van der Waals surface area contributed by atoms with Gasteiger partial charge in [-0.05, 0) is 61.5 Å². The molecular formula is C20H23N3O2S. The molecule has 5 nitrogen and oxygen atoms in total. The second kappa shape index (κ2) is 9.10. The Hall–Kier alpha value is -2.73. The number of amides is 2. The standard InChI is InChI=1S/C20H23N3O2S/c1-13(2)11-18(24)23-20(26)22-17-9-7-16(8-10-17)21-19(25)15-6-4-5-14(3)12-15/h4-10,12-13H,11H2,1-3H3,(H,21,25)(H2,22,23,24,26). The van der Waals surface area contributed by atoms with Crippen LogP contribution < -0.4 is 16.0 Å². The number of hydrogen-bond donors (Lipinski definition) is 3. The molecule has 3 N–H and O–H groups in total. The molecule has 0 unspecified atom stereocenters. The van der Waals surface area contributed by atoms with E-state index in [9.17, 15) is 9.59 Å². The zero-order valence-corrected chi connectivity index (χ0v) is 15.9. The molecule has 2 rings (SSSR count). The highest BCUT2D eigenvalue weighted by Crippen LogP contribution is 2.15. The van der Waals surface area contributed by atoms with Gasteiger partial charge in [0.05, 0.1) is 0 Å². The molecule has 0 aliphatic heterocycles. The first-order valence-corrected chi connectivity index (χ1v) is 8.83. The summed E-state index contributed by atoms with van der Waals surface area (Å²) < 4.78 is 0. The van der Waals surface area contributed by atoms with E-state index >= 15 is 0 Å².